The lowest BCUT2D eigenvalue weighted by atomic mass is 10.0. The minimum Gasteiger partial charge on any atom is -0.289 e. The van der Waals surface area contributed by atoms with E-state index >= 15 is 0 Å². The van der Waals surface area contributed by atoms with Gasteiger partial charge in [0.25, 0.3) is 11.8 Å². The number of ketones is 1. The molecule has 47 heavy (non-hydrogen) atoms. The highest BCUT2D eigenvalue weighted by atomic mass is 16.2. The molecule has 248 valence electrons. The van der Waals surface area contributed by atoms with Crippen LogP contribution in [0.3, 0.4) is 0 Å². The van der Waals surface area contributed by atoms with Gasteiger partial charge in [-0.2, -0.15) is 0 Å². The molecule has 3 aromatic rings. The first-order chi connectivity index (χ1) is 23.1. The molecule has 0 atom stereocenters. The zero-order valence-corrected chi connectivity index (χ0v) is 28.2. The third kappa shape index (κ3) is 13.3. The minimum absolute atomic E-state index is 0.0412. The molecule has 1 aliphatic heterocycles. The number of hydrogen-bond acceptors (Lipinski definition) is 3. The molecule has 3 aromatic carbocycles. The number of allylic oxidation sites excluding steroid dienone is 1. The predicted molar refractivity (Wildman–Crippen MR) is 196 cm³/mol. The Balaban J connectivity index is 0.888. The van der Waals surface area contributed by atoms with Gasteiger partial charge in [-0.05, 0) is 60.6 Å². The smallest absolute Gasteiger partial charge is 0.258 e. The molecule has 2 amide bonds. The van der Waals surface area contributed by atoms with Crippen LogP contribution in [0.15, 0.2) is 97.1 Å². The second kappa shape index (κ2) is 20.9. The normalized spacial score (nSPS) is 12.9. The lowest BCUT2D eigenvalue weighted by Crippen LogP contribution is -2.29. The predicted octanol–water partition coefficient (Wildman–Crippen LogP) is 11.0. The van der Waals surface area contributed by atoms with E-state index in [1.54, 1.807) is 6.08 Å². The molecule has 0 unspecified atom stereocenters. The van der Waals surface area contributed by atoms with E-state index in [2.05, 4.69) is 24.3 Å². The van der Waals surface area contributed by atoms with Gasteiger partial charge in [-0.15, -0.1) is 0 Å². The number of hydrogen-bond donors (Lipinski definition) is 0. The zero-order valence-electron chi connectivity index (χ0n) is 28.2. The third-order valence-corrected chi connectivity index (χ3v) is 9.15. The Hall–Kier alpha value is -4.05. The number of aryl methyl sites for hydroxylation is 2. The van der Waals surface area contributed by atoms with Crippen LogP contribution in [0.4, 0.5) is 5.69 Å². The summed E-state index contributed by atoms with van der Waals surface area (Å²) in [5.41, 5.74) is 5.09. The summed E-state index contributed by atoms with van der Waals surface area (Å²) in [7, 11) is 0. The van der Waals surface area contributed by atoms with Gasteiger partial charge in [-0.1, -0.05) is 163 Å². The van der Waals surface area contributed by atoms with Crippen LogP contribution >= 0.6 is 0 Å². The SMILES string of the molecule is O=C(/C=C/c1ccc(CCCCCCCCCCCCCCCCCCc2ccc(N3C(=O)C=CC3=O)cc2)cc1)c1ccccc1. The molecule has 0 N–H and O–H groups in total. The van der Waals surface area contributed by atoms with Gasteiger partial charge >= 0.3 is 0 Å². The van der Waals surface area contributed by atoms with Crippen molar-refractivity contribution in [2.24, 2.45) is 0 Å². The van der Waals surface area contributed by atoms with E-state index in [1.165, 1.54) is 131 Å². The second-order valence-electron chi connectivity index (χ2n) is 13.0. The van der Waals surface area contributed by atoms with Crippen molar-refractivity contribution in [3.63, 3.8) is 0 Å². The molecule has 1 aliphatic rings. The molecule has 0 saturated heterocycles. The van der Waals surface area contributed by atoms with Crippen molar-refractivity contribution < 1.29 is 14.4 Å². The second-order valence-corrected chi connectivity index (χ2v) is 13.0. The number of carbonyl (C=O) groups is 3. The fourth-order valence-electron chi connectivity index (χ4n) is 6.27. The Kier molecular flexibility index (Phi) is 16.0. The summed E-state index contributed by atoms with van der Waals surface area (Å²) in [6.45, 7) is 0. The zero-order chi connectivity index (χ0) is 32.9. The number of amides is 2. The van der Waals surface area contributed by atoms with Gasteiger partial charge in [0.05, 0.1) is 5.69 Å². The third-order valence-electron chi connectivity index (χ3n) is 9.15. The van der Waals surface area contributed by atoms with E-state index in [-0.39, 0.29) is 17.6 Å². The Morgan fingerprint density at radius 3 is 1.34 bits per heavy atom. The van der Waals surface area contributed by atoms with Crippen LogP contribution in [0, 0.1) is 0 Å². The van der Waals surface area contributed by atoms with Gasteiger partial charge in [-0.25, -0.2) is 4.90 Å². The molecule has 0 bridgehead atoms. The Morgan fingerprint density at radius 2 is 0.894 bits per heavy atom. The number of unbranched alkanes of at least 4 members (excludes halogenated alkanes) is 15. The first-order valence-corrected chi connectivity index (χ1v) is 18.1. The average Bonchev–Trinajstić information content (AvgIpc) is 3.44. The number of anilines is 1. The highest BCUT2D eigenvalue weighted by Gasteiger charge is 2.24. The topological polar surface area (TPSA) is 54.5 Å². The maximum absolute atomic E-state index is 12.2. The van der Waals surface area contributed by atoms with Gasteiger partial charge in [0.15, 0.2) is 5.78 Å². The molecule has 0 fully saturated rings. The molecule has 1 heterocycles. The van der Waals surface area contributed by atoms with Crippen LogP contribution in [0.25, 0.3) is 6.08 Å². The van der Waals surface area contributed by atoms with Crippen LogP contribution < -0.4 is 4.90 Å². The van der Waals surface area contributed by atoms with Gasteiger partial charge in [0.2, 0.25) is 0 Å². The van der Waals surface area contributed by atoms with E-state index < -0.39 is 0 Å². The molecule has 0 saturated carbocycles. The summed E-state index contributed by atoms with van der Waals surface area (Å²) in [6.07, 6.45) is 29.8. The summed E-state index contributed by atoms with van der Waals surface area (Å²) in [5.74, 6) is -0.484. The monoisotopic (exact) mass is 631 g/mol. The maximum atomic E-state index is 12.2. The molecular weight excluding hydrogens is 578 g/mol. The first-order valence-electron chi connectivity index (χ1n) is 18.1. The number of nitrogens with zero attached hydrogens (tertiary/aromatic N) is 1. The quantitative estimate of drug-likeness (QED) is 0.0453. The molecule has 4 nitrogen and oxygen atoms in total. The van der Waals surface area contributed by atoms with Gasteiger partial charge in [0.1, 0.15) is 0 Å². The number of rotatable bonds is 23. The molecule has 0 spiro atoms. The summed E-state index contributed by atoms with van der Waals surface area (Å²) in [4.78, 5) is 37.1. The Morgan fingerprint density at radius 1 is 0.489 bits per heavy atom. The highest BCUT2D eigenvalue weighted by molar-refractivity contribution is 6.28. The van der Waals surface area contributed by atoms with Crippen LogP contribution in [-0.2, 0) is 22.4 Å². The number of benzene rings is 3. The standard InChI is InChI=1S/C43H53NO3/c45-41(39-22-18-15-19-23-39)33-30-38-26-24-36(25-27-38)20-16-13-11-9-7-5-3-1-2-4-6-8-10-12-14-17-21-37-28-31-40(32-29-37)44-42(46)34-35-43(44)47/h15,18-19,22-35H,1-14,16-17,20-21H2/b33-30+. The van der Waals surface area contributed by atoms with Crippen LogP contribution in [0.1, 0.15) is 130 Å². The first kappa shape index (κ1) is 35.8. The maximum Gasteiger partial charge on any atom is 0.258 e. The largest absolute Gasteiger partial charge is 0.289 e. The molecule has 0 aliphatic carbocycles. The number of carbonyl (C=O) groups excluding carboxylic acids is 3. The summed E-state index contributed by atoms with van der Waals surface area (Å²) in [6, 6.07) is 25.8. The summed E-state index contributed by atoms with van der Waals surface area (Å²) >= 11 is 0. The average molecular weight is 632 g/mol. The van der Waals surface area contributed by atoms with E-state index in [1.807, 2.05) is 60.7 Å². The lowest BCUT2D eigenvalue weighted by Gasteiger charge is -2.14. The fraction of sp³-hybridized carbons (Fsp3) is 0.419. The van der Waals surface area contributed by atoms with Gasteiger partial charge in [-0.3, -0.25) is 14.4 Å². The minimum atomic E-state index is -0.263. The van der Waals surface area contributed by atoms with Crippen molar-refractivity contribution in [1.82, 2.24) is 0 Å². The Labute approximate surface area is 283 Å². The fourth-order valence-corrected chi connectivity index (χ4v) is 6.27. The van der Waals surface area contributed by atoms with Crippen molar-refractivity contribution >= 4 is 29.4 Å². The van der Waals surface area contributed by atoms with E-state index in [9.17, 15) is 14.4 Å². The number of imide groups is 1. The van der Waals surface area contributed by atoms with Crippen LogP contribution in [0.2, 0.25) is 0 Å². The van der Waals surface area contributed by atoms with Crippen molar-refractivity contribution in [2.45, 2.75) is 116 Å². The molecule has 0 radical (unpaired) electrons. The van der Waals surface area contributed by atoms with Crippen molar-refractivity contribution in [3.05, 3.63) is 119 Å². The lowest BCUT2D eigenvalue weighted by molar-refractivity contribution is -0.119. The van der Waals surface area contributed by atoms with E-state index in [0.29, 0.717) is 5.69 Å². The summed E-state index contributed by atoms with van der Waals surface area (Å²) in [5, 5.41) is 0. The highest BCUT2D eigenvalue weighted by Crippen LogP contribution is 2.21. The molecule has 4 rings (SSSR count). The molecule has 0 aromatic heterocycles. The molecular formula is C43H53NO3. The van der Waals surface area contributed by atoms with Crippen molar-refractivity contribution in [1.29, 1.82) is 0 Å². The van der Waals surface area contributed by atoms with Crippen molar-refractivity contribution in [3.8, 4) is 0 Å². The van der Waals surface area contributed by atoms with Crippen LogP contribution in [0.5, 0.6) is 0 Å². The van der Waals surface area contributed by atoms with Crippen molar-refractivity contribution in [2.75, 3.05) is 4.90 Å². The Bertz CT molecular complexity index is 1400. The van der Waals surface area contributed by atoms with Crippen LogP contribution in [-0.4, -0.2) is 17.6 Å². The van der Waals surface area contributed by atoms with E-state index in [4.69, 9.17) is 0 Å². The molecule has 4 heteroatoms. The van der Waals surface area contributed by atoms with E-state index in [0.717, 1.165) is 24.0 Å². The van der Waals surface area contributed by atoms with Gasteiger partial charge < -0.3 is 0 Å². The van der Waals surface area contributed by atoms with Gasteiger partial charge in [0, 0.05) is 17.7 Å². The summed E-state index contributed by atoms with van der Waals surface area (Å²) < 4.78 is 0.